The van der Waals surface area contributed by atoms with E-state index >= 15 is 0 Å². The summed E-state index contributed by atoms with van der Waals surface area (Å²) in [5, 5.41) is 5.96. The molecule has 3 aromatic rings. The normalized spacial score (nSPS) is 10.5. The largest absolute Gasteiger partial charge is 0.336 e. The number of anilines is 3. The molecular weight excluding hydrogens is 457 g/mol. The maximum Gasteiger partial charge on any atom is 0.336 e. The standard InChI is InChI=1S/C22H19ClFN3O2S2/c1-13-11-15(8-9-19(13)26-21(28)16-5-3-4-6-18(16)24)27(30)22(29)25-14-7-10-20(31-2)17(23)12-14/h3-12,30H,1-2H3,(H,25,29)(H,26,28). The van der Waals surface area contributed by atoms with E-state index < -0.39 is 17.8 Å². The Kier molecular flexibility index (Phi) is 7.48. The predicted molar refractivity (Wildman–Crippen MR) is 129 cm³/mol. The molecule has 0 heterocycles. The molecule has 5 nitrogen and oxygen atoms in total. The van der Waals surface area contributed by atoms with Gasteiger partial charge in [0.05, 0.1) is 16.3 Å². The number of rotatable bonds is 5. The number of urea groups is 1. The molecule has 0 radical (unpaired) electrons. The quantitative estimate of drug-likeness (QED) is 0.286. The number of nitrogens with one attached hydrogen (secondary N) is 2. The van der Waals surface area contributed by atoms with Crippen LogP contribution in [0.1, 0.15) is 15.9 Å². The first-order valence-corrected chi connectivity index (χ1v) is 11.1. The molecule has 0 aliphatic carbocycles. The smallest absolute Gasteiger partial charge is 0.322 e. The number of carbonyl (C=O) groups is 2. The van der Waals surface area contributed by atoms with Crippen LogP contribution in [0.2, 0.25) is 5.02 Å². The van der Waals surface area contributed by atoms with Gasteiger partial charge < -0.3 is 10.6 Å². The summed E-state index contributed by atoms with van der Waals surface area (Å²) in [5.74, 6) is -1.15. The van der Waals surface area contributed by atoms with E-state index in [2.05, 4.69) is 23.4 Å². The molecule has 0 fully saturated rings. The van der Waals surface area contributed by atoms with Crippen molar-refractivity contribution in [3.63, 3.8) is 0 Å². The van der Waals surface area contributed by atoms with Crippen LogP contribution in [0.3, 0.4) is 0 Å². The second kappa shape index (κ2) is 10.1. The van der Waals surface area contributed by atoms with Crippen molar-refractivity contribution >= 4 is 65.2 Å². The summed E-state index contributed by atoms with van der Waals surface area (Å²) in [7, 11) is 0. The average Bonchev–Trinajstić information content (AvgIpc) is 2.75. The van der Waals surface area contributed by atoms with Crippen LogP contribution in [-0.4, -0.2) is 18.2 Å². The molecule has 31 heavy (non-hydrogen) atoms. The Balaban J connectivity index is 1.71. The van der Waals surface area contributed by atoms with Gasteiger partial charge in [-0.1, -0.05) is 36.5 Å². The molecule has 0 unspecified atom stereocenters. The van der Waals surface area contributed by atoms with Crippen LogP contribution < -0.4 is 14.9 Å². The Morgan fingerprint density at radius 2 is 1.81 bits per heavy atom. The van der Waals surface area contributed by atoms with Crippen LogP contribution in [0, 0.1) is 12.7 Å². The second-order valence-corrected chi connectivity index (χ2v) is 8.18. The lowest BCUT2D eigenvalue weighted by molar-refractivity contribution is 0.102. The highest BCUT2D eigenvalue weighted by atomic mass is 35.5. The highest BCUT2D eigenvalue weighted by molar-refractivity contribution is 7.98. The lowest BCUT2D eigenvalue weighted by atomic mass is 10.1. The minimum atomic E-state index is -0.599. The van der Waals surface area contributed by atoms with Crippen molar-refractivity contribution in [3.05, 3.63) is 82.6 Å². The molecule has 9 heteroatoms. The molecule has 0 atom stereocenters. The predicted octanol–water partition coefficient (Wildman–Crippen LogP) is 6.65. The monoisotopic (exact) mass is 475 g/mol. The van der Waals surface area contributed by atoms with Crippen molar-refractivity contribution in [3.8, 4) is 0 Å². The lowest BCUT2D eigenvalue weighted by Gasteiger charge is -2.19. The van der Waals surface area contributed by atoms with E-state index in [-0.39, 0.29) is 5.56 Å². The summed E-state index contributed by atoms with van der Waals surface area (Å²) in [6.07, 6.45) is 1.92. The fourth-order valence-corrected chi connectivity index (χ4v) is 3.84. The summed E-state index contributed by atoms with van der Waals surface area (Å²) in [5.41, 5.74) is 2.17. The summed E-state index contributed by atoms with van der Waals surface area (Å²) >= 11 is 12.0. The fraction of sp³-hybridized carbons (Fsp3) is 0.0909. The first-order chi connectivity index (χ1) is 14.8. The summed E-state index contributed by atoms with van der Waals surface area (Å²) in [4.78, 5) is 25.8. The van der Waals surface area contributed by atoms with E-state index in [0.717, 1.165) is 9.20 Å². The molecule has 3 aromatic carbocycles. The summed E-state index contributed by atoms with van der Waals surface area (Å²) in [6, 6.07) is 15.5. The van der Waals surface area contributed by atoms with Gasteiger partial charge in [0.15, 0.2) is 0 Å². The molecular formula is C22H19ClFN3O2S2. The molecule has 0 saturated heterocycles. The Morgan fingerprint density at radius 1 is 1.06 bits per heavy atom. The number of carbonyl (C=O) groups excluding carboxylic acids is 2. The summed E-state index contributed by atoms with van der Waals surface area (Å²) in [6.45, 7) is 1.76. The van der Waals surface area contributed by atoms with E-state index in [1.807, 2.05) is 12.3 Å². The third kappa shape index (κ3) is 5.52. The number of hydrogen-bond donors (Lipinski definition) is 3. The van der Waals surface area contributed by atoms with Gasteiger partial charge in [-0.3, -0.25) is 4.79 Å². The van der Waals surface area contributed by atoms with Crippen LogP contribution in [0.5, 0.6) is 0 Å². The molecule has 2 N–H and O–H groups in total. The van der Waals surface area contributed by atoms with Crippen LogP contribution >= 0.6 is 36.2 Å². The number of thiol groups is 1. The lowest BCUT2D eigenvalue weighted by Crippen LogP contribution is -2.26. The summed E-state index contributed by atoms with van der Waals surface area (Å²) < 4.78 is 15.0. The number of nitrogens with zero attached hydrogens (tertiary/aromatic N) is 1. The van der Waals surface area contributed by atoms with Gasteiger partial charge in [-0.25, -0.2) is 13.5 Å². The molecule has 0 aliphatic heterocycles. The SMILES string of the molecule is CSc1ccc(NC(=O)N(S)c2ccc(NC(=O)c3ccccc3F)c(C)c2)cc1Cl. The highest BCUT2D eigenvalue weighted by Gasteiger charge is 2.16. The van der Waals surface area contributed by atoms with Gasteiger partial charge in [0, 0.05) is 16.3 Å². The minimum absolute atomic E-state index is 0.0488. The van der Waals surface area contributed by atoms with Gasteiger partial charge >= 0.3 is 6.03 Å². The third-order valence-electron chi connectivity index (χ3n) is 4.42. The average molecular weight is 476 g/mol. The van der Waals surface area contributed by atoms with E-state index in [1.54, 1.807) is 43.3 Å². The molecule has 3 amide bonds. The molecule has 3 rings (SSSR count). The van der Waals surface area contributed by atoms with E-state index in [0.29, 0.717) is 27.6 Å². The van der Waals surface area contributed by atoms with Crippen molar-refractivity contribution in [2.75, 3.05) is 21.2 Å². The van der Waals surface area contributed by atoms with E-state index in [4.69, 9.17) is 11.6 Å². The zero-order chi connectivity index (χ0) is 22.5. The molecule has 0 aliphatic rings. The van der Waals surface area contributed by atoms with Gasteiger partial charge in [-0.05, 0) is 67.3 Å². The molecule has 0 bridgehead atoms. The van der Waals surface area contributed by atoms with Gasteiger partial charge in [0.1, 0.15) is 5.82 Å². The molecule has 0 spiro atoms. The molecule has 160 valence electrons. The van der Waals surface area contributed by atoms with Crippen molar-refractivity contribution in [2.24, 2.45) is 0 Å². The Labute approximate surface area is 194 Å². The van der Waals surface area contributed by atoms with Crippen LogP contribution in [-0.2, 0) is 0 Å². The van der Waals surface area contributed by atoms with Crippen LogP contribution in [0.15, 0.2) is 65.6 Å². The van der Waals surface area contributed by atoms with Crippen molar-refractivity contribution in [1.82, 2.24) is 0 Å². The topological polar surface area (TPSA) is 61.4 Å². The van der Waals surface area contributed by atoms with Gasteiger partial charge in [-0.15, -0.1) is 11.8 Å². The van der Waals surface area contributed by atoms with Crippen LogP contribution in [0.4, 0.5) is 26.2 Å². The first kappa shape index (κ1) is 23.0. The van der Waals surface area contributed by atoms with Gasteiger partial charge in [0.2, 0.25) is 0 Å². The first-order valence-electron chi connectivity index (χ1n) is 9.10. The molecule has 0 aromatic heterocycles. The Hall–Kier alpha value is -2.68. The van der Waals surface area contributed by atoms with Crippen LogP contribution in [0.25, 0.3) is 0 Å². The van der Waals surface area contributed by atoms with E-state index in [1.165, 1.54) is 30.0 Å². The van der Waals surface area contributed by atoms with E-state index in [9.17, 15) is 14.0 Å². The second-order valence-electron chi connectivity index (χ2n) is 6.52. The zero-order valence-corrected chi connectivity index (χ0v) is 19.1. The zero-order valence-electron chi connectivity index (χ0n) is 16.6. The number of benzene rings is 3. The third-order valence-corrected chi connectivity index (χ3v) is 6.05. The van der Waals surface area contributed by atoms with Gasteiger partial charge in [0.25, 0.3) is 5.91 Å². The minimum Gasteiger partial charge on any atom is -0.322 e. The number of aryl methyl sites for hydroxylation is 1. The Morgan fingerprint density at radius 3 is 2.45 bits per heavy atom. The highest BCUT2D eigenvalue weighted by Crippen LogP contribution is 2.29. The molecule has 0 saturated carbocycles. The fourth-order valence-electron chi connectivity index (χ4n) is 2.79. The van der Waals surface area contributed by atoms with Gasteiger partial charge in [-0.2, -0.15) is 0 Å². The maximum atomic E-state index is 13.8. The van der Waals surface area contributed by atoms with Crippen molar-refractivity contribution in [2.45, 2.75) is 11.8 Å². The number of thioether (sulfide) groups is 1. The number of amides is 3. The maximum absolute atomic E-state index is 13.8. The van der Waals surface area contributed by atoms with Crippen molar-refractivity contribution < 1.29 is 14.0 Å². The number of hydrogen-bond acceptors (Lipinski definition) is 4. The number of halogens is 2. The Bertz CT molecular complexity index is 1140. The van der Waals surface area contributed by atoms with Crippen molar-refractivity contribution in [1.29, 1.82) is 0 Å².